The van der Waals surface area contributed by atoms with Crippen molar-refractivity contribution in [3.8, 4) is 0 Å². The largest absolute Gasteiger partial charge is 0.303 e. The number of carbonyl (C=O) groups excluding carboxylic acids is 1. The van der Waals surface area contributed by atoms with Gasteiger partial charge in [-0.05, 0) is 44.3 Å². The Hall–Kier alpha value is -2.57. The van der Waals surface area contributed by atoms with Crippen molar-refractivity contribution in [2.75, 3.05) is 0 Å². The van der Waals surface area contributed by atoms with Gasteiger partial charge < -0.3 is 4.79 Å². The van der Waals surface area contributed by atoms with Gasteiger partial charge in [-0.25, -0.2) is 0 Å². The summed E-state index contributed by atoms with van der Waals surface area (Å²) in [7, 11) is 0. The monoisotopic (exact) mass is 378 g/mol. The molecule has 0 rings (SSSR count). The first kappa shape index (κ1) is 24.4. The molecule has 0 aliphatic heterocycles. The van der Waals surface area contributed by atoms with Crippen molar-refractivity contribution in [2.24, 2.45) is 0 Å². The predicted octanol–water partition coefficient (Wildman–Crippen LogP) is 5.54. The SMILES string of the molecule is CCCCC/C=C\C/C(=C\C/C=C(\C/C=C\CCCC=O)[N+](=O)[O-])[N+](=O)[O-]. The minimum Gasteiger partial charge on any atom is -0.303 e. The highest BCUT2D eigenvalue weighted by molar-refractivity contribution is 5.49. The Morgan fingerprint density at radius 3 is 1.74 bits per heavy atom. The second-order valence-electron chi connectivity index (χ2n) is 6.09. The summed E-state index contributed by atoms with van der Waals surface area (Å²) >= 11 is 0. The summed E-state index contributed by atoms with van der Waals surface area (Å²) in [6, 6.07) is 0. The van der Waals surface area contributed by atoms with Crippen molar-refractivity contribution in [1.29, 1.82) is 0 Å². The summed E-state index contributed by atoms with van der Waals surface area (Å²) in [6.45, 7) is 2.12. The Balaban J connectivity index is 4.61. The third-order valence-electron chi connectivity index (χ3n) is 3.83. The topological polar surface area (TPSA) is 103 Å². The molecule has 0 aliphatic carbocycles. The molecular formula is C20H30N2O5. The van der Waals surface area contributed by atoms with Crippen LogP contribution in [-0.2, 0) is 4.79 Å². The summed E-state index contributed by atoms with van der Waals surface area (Å²) in [5.74, 6) is 0. The lowest BCUT2D eigenvalue weighted by molar-refractivity contribution is -0.427. The van der Waals surface area contributed by atoms with E-state index >= 15 is 0 Å². The van der Waals surface area contributed by atoms with E-state index in [1.807, 2.05) is 12.2 Å². The van der Waals surface area contributed by atoms with Gasteiger partial charge in [-0.1, -0.05) is 44.1 Å². The lowest BCUT2D eigenvalue weighted by atomic mass is 10.1. The molecule has 0 amide bonds. The van der Waals surface area contributed by atoms with Crippen LogP contribution in [0.25, 0.3) is 0 Å². The lowest BCUT2D eigenvalue weighted by Gasteiger charge is -1.96. The number of hydrogen-bond acceptors (Lipinski definition) is 5. The van der Waals surface area contributed by atoms with Crippen LogP contribution in [0.3, 0.4) is 0 Å². The standard InChI is InChI=1S/C20H30N2O5/c1-2-3-4-5-7-10-14-19(21(24)25)16-13-17-20(22(26)27)15-11-8-6-9-12-18-23/h7-8,10-11,16-18H,2-6,9,12-15H2,1H3/b10-7-,11-8-,19-16+,20-17+. The van der Waals surface area contributed by atoms with Crippen molar-refractivity contribution in [2.45, 2.75) is 71.1 Å². The van der Waals surface area contributed by atoms with E-state index in [1.54, 1.807) is 12.2 Å². The molecule has 0 fully saturated rings. The molecule has 0 atom stereocenters. The zero-order valence-electron chi connectivity index (χ0n) is 16.0. The van der Waals surface area contributed by atoms with E-state index in [9.17, 15) is 25.0 Å². The fourth-order valence-corrected chi connectivity index (χ4v) is 2.27. The van der Waals surface area contributed by atoms with E-state index in [-0.39, 0.29) is 30.7 Å². The summed E-state index contributed by atoms with van der Waals surface area (Å²) in [6.07, 6.45) is 17.6. The van der Waals surface area contributed by atoms with Crippen LogP contribution in [0.4, 0.5) is 0 Å². The predicted molar refractivity (Wildman–Crippen MR) is 106 cm³/mol. The third kappa shape index (κ3) is 14.3. The maximum absolute atomic E-state index is 11.1. The highest BCUT2D eigenvalue weighted by atomic mass is 16.6. The van der Waals surface area contributed by atoms with Crippen LogP contribution in [0.5, 0.6) is 0 Å². The second-order valence-corrected chi connectivity index (χ2v) is 6.09. The Labute approximate surface area is 160 Å². The fraction of sp³-hybridized carbons (Fsp3) is 0.550. The first-order valence-corrected chi connectivity index (χ1v) is 9.43. The lowest BCUT2D eigenvalue weighted by Crippen LogP contribution is -1.99. The molecule has 150 valence electrons. The van der Waals surface area contributed by atoms with Crippen LogP contribution in [0.1, 0.15) is 71.1 Å². The maximum Gasteiger partial charge on any atom is 0.246 e. The maximum atomic E-state index is 11.1. The summed E-state index contributed by atoms with van der Waals surface area (Å²) < 4.78 is 0. The molecule has 0 saturated heterocycles. The number of carbonyl (C=O) groups is 1. The summed E-state index contributed by atoms with van der Waals surface area (Å²) in [4.78, 5) is 31.4. The average molecular weight is 378 g/mol. The minimum absolute atomic E-state index is 0.00990. The molecule has 0 heterocycles. The third-order valence-corrected chi connectivity index (χ3v) is 3.83. The Bertz CT molecular complexity index is 577. The van der Waals surface area contributed by atoms with Gasteiger partial charge in [0.1, 0.15) is 6.29 Å². The smallest absolute Gasteiger partial charge is 0.246 e. The zero-order valence-corrected chi connectivity index (χ0v) is 16.0. The van der Waals surface area contributed by atoms with Gasteiger partial charge in [0.25, 0.3) is 0 Å². The van der Waals surface area contributed by atoms with E-state index in [0.29, 0.717) is 12.8 Å². The number of allylic oxidation sites excluding steroid dienone is 6. The first-order chi connectivity index (χ1) is 13.0. The van der Waals surface area contributed by atoms with Crippen LogP contribution in [0.15, 0.2) is 47.9 Å². The highest BCUT2D eigenvalue weighted by Crippen LogP contribution is 2.11. The first-order valence-electron chi connectivity index (χ1n) is 9.43. The van der Waals surface area contributed by atoms with Gasteiger partial charge in [-0.2, -0.15) is 0 Å². The molecule has 0 spiro atoms. The van der Waals surface area contributed by atoms with Gasteiger partial charge in [0, 0.05) is 6.42 Å². The van der Waals surface area contributed by atoms with Crippen molar-refractivity contribution in [3.05, 3.63) is 68.1 Å². The quantitative estimate of drug-likeness (QED) is 0.115. The number of unbranched alkanes of at least 4 members (excludes halogenated alkanes) is 5. The molecule has 0 unspecified atom stereocenters. The van der Waals surface area contributed by atoms with Gasteiger partial charge in [0.15, 0.2) is 0 Å². The summed E-state index contributed by atoms with van der Waals surface area (Å²) in [5.41, 5.74) is 0.0563. The molecule has 0 aromatic rings. The normalized spacial score (nSPS) is 12.8. The molecule has 0 saturated carbocycles. The molecule has 7 nitrogen and oxygen atoms in total. The van der Waals surface area contributed by atoms with Gasteiger partial charge in [0.05, 0.1) is 22.7 Å². The van der Waals surface area contributed by atoms with Crippen LogP contribution in [-0.4, -0.2) is 16.1 Å². The van der Waals surface area contributed by atoms with Crippen LogP contribution in [0, 0.1) is 20.2 Å². The number of nitrogens with zero attached hydrogens (tertiary/aromatic N) is 2. The molecule has 0 aliphatic rings. The van der Waals surface area contributed by atoms with Crippen molar-refractivity contribution in [1.82, 2.24) is 0 Å². The van der Waals surface area contributed by atoms with E-state index in [1.165, 1.54) is 12.2 Å². The van der Waals surface area contributed by atoms with Crippen molar-refractivity contribution >= 4 is 6.29 Å². The number of nitro groups is 2. The number of hydrogen-bond donors (Lipinski definition) is 0. The summed E-state index contributed by atoms with van der Waals surface area (Å²) in [5, 5.41) is 22.1. The Morgan fingerprint density at radius 1 is 0.778 bits per heavy atom. The van der Waals surface area contributed by atoms with E-state index in [4.69, 9.17) is 0 Å². The molecular weight excluding hydrogens is 348 g/mol. The van der Waals surface area contributed by atoms with Gasteiger partial charge in [-0.15, -0.1) is 0 Å². The zero-order chi connectivity index (χ0) is 20.3. The average Bonchev–Trinajstić information content (AvgIpc) is 2.63. The second kappa shape index (κ2) is 16.9. The molecule has 27 heavy (non-hydrogen) atoms. The molecule has 7 heteroatoms. The van der Waals surface area contributed by atoms with Crippen LogP contribution < -0.4 is 0 Å². The van der Waals surface area contributed by atoms with Crippen molar-refractivity contribution in [3.63, 3.8) is 0 Å². The Morgan fingerprint density at radius 2 is 1.30 bits per heavy atom. The van der Waals surface area contributed by atoms with Gasteiger partial charge >= 0.3 is 0 Å². The minimum atomic E-state index is -0.469. The highest BCUT2D eigenvalue weighted by Gasteiger charge is 2.10. The molecule has 0 N–H and O–H groups in total. The molecule has 0 radical (unpaired) electrons. The fourth-order valence-electron chi connectivity index (χ4n) is 2.27. The molecule has 0 bridgehead atoms. The number of aldehydes is 1. The van der Waals surface area contributed by atoms with Crippen molar-refractivity contribution < 1.29 is 14.6 Å². The van der Waals surface area contributed by atoms with Gasteiger partial charge in [-0.3, -0.25) is 20.2 Å². The van der Waals surface area contributed by atoms with Gasteiger partial charge in [0.2, 0.25) is 11.4 Å². The number of rotatable bonds is 16. The van der Waals surface area contributed by atoms with E-state index < -0.39 is 9.85 Å². The molecule has 0 aromatic heterocycles. The van der Waals surface area contributed by atoms with E-state index in [2.05, 4.69) is 6.92 Å². The van der Waals surface area contributed by atoms with Crippen LogP contribution in [0.2, 0.25) is 0 Å². The van der Waals surface area contributed by atoms with E-state index in [0.717, 1.165) is 38.4 Å². The molecule has 0 aromatic carbocycles. The van der Waals surface area contributed by atoms with Crippen LogP contribution >= 0.6 is 0 Å². The Kier molecular flexibility index (Phi) is 15.3.